The van der Waals surface area contributed by atoms with Crippen molar-refractivity contribution >= 4 is 47.9 Å². The summed E-state index contributed by atoms with van der Waals surface area (Å²) in [6.45, 7) is 2.60. The van der Waals surface area contributed by atoms with E-state index >= 15 is 0 Å². The highest BCUT2D eigenvalue weighted by atomic mass is 79.9. The molecule has 29 heavy (non-hydrogen) atoms. The first-order chi connectivity index (χ1) is 13.8. The molecule has 1 aromatic carbocycles. The minimum Gasteiger partial charge on any atom is -0.378 e. The Kier molecular flexibility index (Phi) is 7.39. The van der Waals surface area contributed by atoms with Crippen LogP contribution in [0.2, 0.25) is 0 Å². The number of hydrogen-bond acceptors (Lipinski definition) is 6. The number of ether oxygens (including phenoxy) is 1. The Morgan fingerprint density at radius 2 is 2.03 bits per heavy atom. The number of nitrogens with one attached hydrogen (secondary N) is 2. The lowest BCUT2D eigenvalue weighted by atomic mass is 10.2. The number of urea groups is 1. The van der Waals surface area contributed by atoms with Crippen LogP contribution in [0, 0.1) is 11.5 Å². The van der Waals surface area contributed by atoms with Crippen molar-refractivity contribution in [3.8, 4) is 6.19 Å². The van der Waals surface area contributed by atoms with Crippen molar-refractivity contribution < 1.29 is 17.9 Å². The number of morpholine rings is 1. The first-order valence-electron chi connectivity index (χ1n) is 9.04. The fourth-order valence-electron chi connectivity index (χ4n) is 3.37. The van der Waals surface area contributed by atoms with Crippen LogP contribution in [0.3, 0.4) is 0 Å². The molecule has 2 atom stereocenters. The van der Waals surface area contributed by atoms with E-state index in [1.54, 1.807) is 17.0 Å². The van der Waals surface area contributed by atoms with Gasteiger partial charge in [0.2, 0.25) is 10.0 Å². The minimum absolute atomic E-state index is 0.124. The van der Waals surface area contributed by atoms with Crippen LogP contribution in [0.1, 0.15) is 6.42 Å². The van der Waals surface area contributed by atoms with Crippen LogP contribution in [0.15, 0.2) is 32.0 Å². The largest absolute Gasteiger partial charge is 0.378 e. The summed E-state index contributed by atoms with van der Waals surface area (Å²) in [5.74, 6) is 0. The summed E-state index contributed by atoms with van der Waals surface area (Å²) in [5.41, 5.74) is 0. The number of sulfonamides is 1. The molecule has 2 heterocycles. The van der Waals surface area contributed by atoms with Gasteiger partial charge in [0.1, 0.15) is 0 Å². The van der Waals surface area contributed by atoms with Crippen molar-refractivity contribution in [2.24, 2.45) is 0 Å². The van der Waals surface area contributed by atoms with Gasteiger partial charge in [-0.05, 0) is 40.5 Å². The molecule has 2 fully saturated rings. The van der Waals surface area contributed by atoms with Gasteiger partial charge < -0.3 is 19.9 Å². The van der Waals surface area contributed by atoms with Crippen molar-refractivity contribution in [1.82, 2.24) is 19.8 Å². The van der Waals surface area contributed by atoms with Gasteiger partial charge in [-0.2, -0.15) is 5.26 Å². The molecule has 0 unspecified atom stereocenters. The standard InChI is InChI=1S/C17H21Br2N5O4S/c18-12-1-2-15(19)16(7-12)29(26,27)22-13-8-14(24(10-13)11-20)9-21-17(25)23-3-5-28-6-4-23/h1-2,7,13-14,22H,3-6,8-10H2,(H,21,25)/t13-,14-/m1/s1. The number of carbonyl (C=O) groups excluding carboxylic acids is 1. The third kappa shape index (κ3) is 5.61. The molecule has 2 N–H and O–H groups in total. The molecule has 0 radical (unpaired) electrons. The summed E-state index contributed by atoms with van der Waals surface area (Å²) >= 11 is 6.55. The van der Waals surface area contributed by atoms with E-state index in [0.717, 1.165) is 0 Å². The van der Waals surface area contributed by atoms with E-state index in [2.05, 4.69) is 48.1 Å². The molecule has 12 heteroatoms. The zero-order chi connectivity index (χ0) is 21.0. The van der Waals surface area contributed by atoms with Gasteiger partial charge in [0.05, 0.1) is 24.2 Å². The molecule has 0 aliphatic carbocycles. The highest BCUT2D eigenvalue weighted by Crippen LogP contribution is 2.27. The van der Waals surface area contributed by atoms with Crippen LogP contribution < -0.4 is 10.0 Å². The quantitative estimate of drug-likeness (QED) is 0.536. The summed E-state index contributed by atoms with van der Waals surface area (Å²) in [4.78, 5) is 15.5. The highest BCUT2D eigenvalue weighted by Gasteiger charge is 2.35. The van der Waals surface area contributed by atoms with Crippen LogP contribution >= 0.6 is 31.9 Å². The maximum atomic E-state index is 12.8. The van der Waals surface area contributed by atoms with E-state index in [1.165, 1.54) is 11.0 Å². The van der Waals surface area contributed by atoms with E-state index in [9.17, 15) is 18.5 Å². The summed E-state index contributed by atoms with van der Waals surface area (Å²) in [6.07, 6.45) is 2.51. The number of halogens is 2. The van der Waals surface area contributed by atoms with Crippen molar-refractivity contribution in [1.29, 1.82) is 5.26 Å². The van der Waals surface area contributed by atoms with E-state index < -0.39 is 16.1 Å². The van der Waals surface area contributed by atoms with Gasteiger partial charge in [-0.15, -0.1) is 0 Å². The molecule has 0 saturated carbocycles. The first kappa shape index (κ1) is 22.3. The zero-order valence-corrected chi connectivity index (χ0v) is 19.5. The fraction of sp³-hybridized carbons (Fsp3) is 0.529. The predicted octanol–water partition coefficient (Wildman–Crippen LogP) is 1.46. The number of nitriles is 1. The molecule has 0 aromatic heterocycles. The second-order valence-corrected chi connectivity index (χ2v) is 10.3. The third-order valence-corrected chi connectivity index (χ3v) is 7.84. The first-order valence-corrected chi connectivity index (χ1v) is 12.1. The number of carbonyl (C=O) groups is 1. The maximum absolute atomic E-state index is 12.8. The van der Waals surface area contributed by atoms with Gasteiger partial charge in [0, 0.05) is 41.2 Å². The highest BCUT2D eigenvalue weighted by molar-refractivity contribution is 9.11. The van der Waals surface area contributed by atoms with Gasteiger partial charge in [-0.1, -0.05) is 15.9 Å². The molecular formula is C17H21Br2N5O4S. The summed E-state index contributed by atoms with van der Waals surface area (Å²) in [5, 5.41) is 12.2. The topological polar surface area (TPSA) is 115 Å². The Hall–Kier alpha value is -1.39. The predicted molar refractivity (Wildman–Crippen MR) is 112 cm³/mol. The van der Waals surface area contributed by atoms with Crippen molar-refractivity contribution in [3.63, 3.8) is 0 Å². The van der Waals surface area contributed by atoms with Crippen LogP contribution in [-0.2, 0) is 14.8 Å². The molecular weight excluding hydrogens is 530 g/mol. The van der Waals surface area contributed by atoms with Crippen LogP contribution in [-0.4, -0.2) is 75.7 Å². The summed E-state index contributed by atoms with van der Waals surface area (Å²) < 4.78 is 34.6. The van der Waals surface area contributed by atoms with Gasteiger partial charge in [-0.25, -0.2) is 17.9 Å². The average Bonchev–Trinajstić information content (AvgIpc) is 3.09. The summed E-state index contributed by atoms with van der Waals surface area (Å²) in [7, 11) is -3.77. The minimum atomic E-state index is -3.77. The zero-order valence-electron chi connectivity index (χ0n) is 15.5. The van der Waals surface area contributed by atoms with Crippen LogP contribution in [0.4, 0.5) is 4.79 Å². The number of nitrogens with zero attached hydrogens (tertiary/aromatic N) is 3. The van der Waals surface area contributed by atoms with E-state index in [4.69, 9.17) is 4.74 Å². The van der Waals surface area contributed by atoms with Crippen molar-refractivity contribution in [3.05, 3.63) is 27.1 Å². The monoisotopic (exact) mass is 549 g/mol. The number of benzene rings is 1. The number of hydrogen-bond donors (Lipinski definition) is 2. The maximum Gasteiger partial charge on any atom is 0.317 e. The Balaban J connectivity index is 1.60. The normalized spacial score (nSPS) is 22.4. The van der Waals surface area contributed by atoms with Gasteiger partial charge in [0.25, 0.3) is 0 Å². The molecule has 1 aromatic rings. The van der Waals surface area contributed by atoms with Crippen molar-refractivity contribution in [2.75, 3.05) is 39.4 Å². The molecule has 2 amide bonds. The molecule has 2 saturated heterocycles. The summed E-state index contributed by atoms with van der Waals surface area (Å²) in [6, 6.07) is 4.00. The van der Waals surface area contributed by atoms with Crippen molar-refractivity contribution in [2.45, 2.75) is 23.4 Å². The fourth-order valence-corrected chi connectivity index (χ4v) is 6.11. The Bertz CT molecular complexity index is 902. The molecule has 9 nitrogen and oxygen atoms in total. The Labute approximate surface area is 186 Å². The lowest BCUT2D eigenvalue weighted by Gasteiger charge is -2.28. The van der Waals surface area contributed by atoms with Gasteiger partial charge in [0.15, 0.2) is 6.19 Å². The molecule has 0 bridgehead atoms. The smallest absolute Gasteiger partial charge is 0.317 e. The van der Waals surface area contributed by atoms with Gasteiger partial charge >= 0.3 is 6.03 Å². The lowest BCUT2D eigenvalue weighted by molar-refractivity contribution is 0.0529. The Morgan fingerprint density at radius 1 is 1.31 bits per heavy atom. The molecule has 3 rings (SSSR count). The van der Waals surface area contributed by atoms with E-state index in [1.807, 2.05) is 0 Å². The molecule has 158 valence electrons. The molecule has 2 aliphatic heterocycles. The van der Waals surface area contributed by atoms with Gasteiger partial charge in [-0.3, -0.25) is 0 Å². The molecule has 0 spiro atoms. The second-order valence-electron chi connectivity index (χ2n) is 6.82. The second kappa shape index (κ2) is 9.61. The number of amides is 2. The Morgan fingerprint density at radius 3 is 2.72 bits per heavy atom. The number of rotatable bonds is 5. The van der Waals surface area contributed by atoms with Crippen LogP contribution in [0.25, 0.3) is 0 Å². The SMILES string of the molecule is N#CN1C[C@H](NS(=O)(=O)c2cc(Br)ccc2Br)C[C@@H]1CNC(=O)N1CCOCC1. The average molecular weight is 551 g/mol. The lowest BCUT2D eigenvalue weighted by Crippen LogP contribution is -2.48. The third-order valence-electron chi connectivity index (χ3n) is 4.83. The van der Waals surface area contributed by atoms with E-state index in [-0.39, 0.29) is 30.1 Å². The molecule has 2 aliphatic rings. The van der Waals surface area contributed by atoms with Crippen LogP contribution in [0.5, 0.6) is 0 Å². The number of likely N-dealkylation sites (tertiary alicyclic amines) is 1. The van der Waals surface area contributed by atoms with E-state index in [0.29, 0.717) is 41.7 Å².